The molecule has 0 aliphatic carbocycles. The zero-order valence-electron chi connectivity index (χ0n) is 15.2. The molecule has 3 N–H and O–H groups in total. The predicted molar refractivity (Wildman–Crippen MR) is 108 cm³/mol. The molecule has 3 rings (SSSR count). The molecular formula is C16H18ClN5O4S2. The van der Waals surface area contributed by atoms with Gasteiger partial charge in [0, 0.05) is 28.6 Å². The highest BCUT2D eigenvalue weighted by Gasteiger charge is 2.28. The molecule has 1 aromatic heterocycles. The Morgan fingerprint density at radius 3 is 2.82 bits per heavy atom. The molecule has 1 unspecified atom stereocenters. The van der Waals surface area contributed by atoms with Gasteiger partial charge in [0.15, 0.2) is 0 Å². The molecule has 1 aliphatic rings. The van der Waals surface area contributed by atoms with Gasteiger partial charge in [0.25, 0.3) is 10.0 Å². The largest absolute Gasteiger partial charge is 0.481 e. The minimum atomic E-state index is -4.19. The summed E-state index contributed by atoms with van der Waals surface area (Å²) in [7, 11) is -2.77. The quantitative estimate of drug-likeness (QED) is 0.659. The minimum Gasteiger partial charge on any atom is -0.481 e. The summed E-state index contributed by atoms with van der Waals surface area (Å²) in [6.07, 6.45) is 0. The number of nitrogens with one attached hydrogen (secondary N) is 3. The van der Waals surface area contributed by atoms with Crippen molar-refractivity contribution in [2.75, 3.05) is 24.3 Å². The van der Waals surface area contributed by atoms with E-state index in [1.807, 2.05) is 11.6 Å². The molecule has 2 amide bonds. The molecule has 1 aromatic carbocycles. The van der Waals surface area contributed by atoms with E-state index in [-0.39, 0.29) is 27.0 Å². The number of urea groups is 1. The van der Waals surface area contributed by atoms with Crippen LogP contribution in [-0.4, -0.2) is 43.3 Å². The van der Waals surface area contributed by atoms with Gasteiger partial charge in [-0.1, -0.05) is 18.5 Å². The Balaban J connectivity index is 1.85. The fourth-order valence-corrected chi connectivity index (χ4v) is 5.32. The Labute approximate surface area is 171 Å². The fraction of sp³-hybridized carbons (Fsp3) is 0.312. The Kier molecular flexibility index (Phi) is 5.87. The van der Waals surface area contributed by atoms with Gasteiger partial charge in [0.1, 0.15) is 4.90 Å². The van der Waals surface area contributed by atoms with E-state index >= 15 is 0 Å². The van der Waals surface area contributed by atoms with Crippen LogP contribution in [0.3, 0.4) is 0 Å². The number of sulfonamides is 1. The first-order valence-electron chi connectivity index (χ1n) is 8.15. The molecule has 0 bridgehead atoms. The van der Waals surface area contributed by atoms with E-state index in [2.05, 4.69) is 20.6 Å². The molecular weight excluding hydrogens is 426 g/mol. The van der Waals surface area contributed by atoms with Gasteiger partial charge >= 0.3 is 6.03 Å². The third kappa shape index (κ3) is 4.59. The van der Waals surface area contributed by atoms with E-state index in [1.54, 1.807) is 19.1 Å². The Morgan fingerprint density at radius 1 is 1.36 bits per heavy atom. The van der Waals surface area contributed by atoms with Gasteiger partial charge < -0.3 is 10.1 Å². The first kappa shape index (κ1) is 20.5. The molecule has 12 heteroatoms. The third-order valence-corrected chi connectivity index (χ3v) is 6.65. The summed E-state index contributed by atoms with van der Waals surface area (Å²) >= 11 is 7.46. The molecule has 0 saturated heterocycles. The lowest BCUT2D eigenvalue weighted by molar-refractivity contribution is 0.256. The maximum Gasteiger partial charge on any atom is 0.335 e. The maximum atomic E-state index is 12.8. The second-order valence-corrected chi connectivity index (χ2v) is 9.56. The van der Waals surface area contributed by atoms with Crippen LogP contribution in [0.5, 0.6) is 5.88 Å². The van der Waals surface area contributed by atoms with Crippen LogP contribution in [0.25, 0.3) is 0 Å². The number of carbonyl (C=O) groups is 1. The third-order valence-electron chi connectivity index (χ3n) is 3.70. The van der Waals surface area contributed by atoms with E-state index in [4.69, 9.17) is 16.3 Å². The summed E-state index contributed by atoms with van der Waals surface area (Å²) in [4.78, 5) is 20.7. The van der Waals surface area contributed by atoms with Crippen molar-refractivity contribution in [3.05, 3.63) is 28.9 Å². The van der Waals surface area contributed by atoms with Crippen molar-refractivity contribution in [3.8, 4) is 5.88 Å². The monoisotopic (exact) mass is 443 g/mol. The summed E-state index contributed by atoms with van der Waals surface area (Å²) in [5.74, 6) is 0.161. The number of aromatic nitrogens is 2. The van der Waals surface area contributed by atoms with Gasteiger partial charge in [-0.15, -0.1) is 11.8 Å². The standard InChI is InChI=1S/C16H18ClN5O4S2/c1-8-4-13(26-3)20-15(19-8)21-16(23)22-28(24,25)12-6-10(17)5-11-14(12)27-9(2)7-18-11/h4-6,9,18H,7H2,1-3H3,(H2,19,20,21,22,23). The van der Waals surface area contributed by atoms with Crippen molar-refractivity contribution in [1.29, 1.82) is 0 Å². The van der Waals surface area contributed by atoms with Crippen molar-refractivity contribution in [2.24, 2.45) is 0 Å². The highest BCUT2D eigenvalue weighted by molar-refractivity contribution is 8.01. The molecule has 0 saturated carbocycles. The number of rotatable bonds is 4. The number of anilines is 2. The van der Waals surface area contributed by atoms with Crippen LogP contribution in [0.4, 0.5) is 16.4 Å². The maximum absolute atomic E-state index is 12.8. The zero-order valence-corrected chi connectivity index (χ0v) is 17.6. The van der Waals surface area contributed by atoms with E-state index in [0.717, 1.165) is 0 Å². The van der Waals surface area contributed by atoms with E-state index in [0.29, 0.717) is 22.8 Å². The van der Waals surface area contributed by atoms with Crippen LogP contribution in [-0.2, 0) is 10.0 Å². The smallest absolute Gasteiger partial charge is 0.335 e. The van der Waals surface area contributed by atoms with Crippen molar-refractivity contribution >= 4 is 51.1 Å². The normalized spacial score (nSPS) is 15.9. The van der Waals surface area contributed by atoms with Gasteiger partial charge in [0.2, 0.25) is 11.8 Å². The number of hydrogen-bond donors (Lipinski definition) is 3. The number of halogens is 1. The van der Waals surface area contributed by atoms with Crippen molar-refractivity contribution in [2.45, 2.75) is 28.9 Å². The lowest BCUT2D eigenvalue weighted by atomic mass is 10.3. The van der Waals surface area contributed by atoms with Crippen LogP contribution >= 0.6 is 23.4 Å². The number of hydrogen-bond acceptors (Lipinski definition) is 8. The van der Waals surface area contributed by atoms with Crippen LogP contribution in [0.2, 0.25) is 5.02 Å². The summed E-state index contributed by atoms with van der Waals surface area (Å²) in [6, 6.07) is 3.54. The average molecular weight is 444 g/mol. The number of nitrogens with zero attached hydrogens (tertiary/aromatic N) is 2. The van der Waals surface area contributed by atoms with Crippen LogP contribution in [0.1, 0.15) is 12.6 Å². The van der Waals surface area contributed by atoms with E-state index in [1.165, 1.54) is 24.9 Å². The number of thioether (sulfide) groups is 1. The number of aryl methyl sites for hydroxylation is 1. The van der Waals surface area contributed by atoms with E-state index in [9.17, 15) is 13.2 Å². The number of ether oxygens (including phenoxy) is 1. The molecule has 2 aromatic rings. The zero-order chi connectivity index (χ0) is 20.5. The number of amides is 2. The topological polar surface area (TPSA) is 122 Å². The van der Waals surface area contributed by atoms with Gasteiger partial charge in [-0.05, 0) is 19.1 Å². The van der Waals surface area contributed by atoms with Crippen molar-refractivity contribution < 1.29 is 17.9 Å². The molecule has 150 valence electrons. The first-order chi connectivity index (χ1) is 13.2. The molecule has 1 atom stereocenters. The van der Waals surface area contributed by atoms with Gasteiger partial charge in [0.05, 0.1) is 17.7 Å². The number of carbonyl (C=O) groups excluding carboxylic acids is 1. The molecule has 0 spiro atoms. The van der Waals surface area contributed by atoms with Crippen molar-refractivity contribution in [1.82, 2.24) is 14.7 Å². The first-order valence-corrected chi connectivity index (χ1v) is 10.9. The van der Waals surface area contributed by atoms with Crippen LogP contribution in [0.15, 0.2) is 28.0 Å². The lowest BCUT2D eigenvalue weighted by Crippen LogP contribution is -2.35. The number of benzene rings is 1. The molecule has 0 fully saturated rings. The second-order valence-electron chi connectivity index (χ2n) is 6.02. The predicted octanol–water partition coefficient (Wildman–Crippen LogP) is 2.86. The molecule has 2 heterocycles. The highest BCUT2D eigenvalue weighted by Crippen LogP contribution is 2.41. The summed E-state index contributed by atoms with van der Waals surface area (Å²) in [6.45, 7) is 4.33. The van der Waals surface area contributed by atoms with Crippen LogP contribution in [0, 0.1) is 6.92 Å². The Morgan fingerprint density at radius 2 is 2.11 bits per heavy atom. The molecule has 1 aliphatic heterocycles. The Hall–Kier alpha value is -2.24. The molecule has 9 nitrogen and oxygen atoms in total. The van der Waals surface area contributed by atoms with E-state index < -0.39 is 16.1 Å². The number of methoxy groups -OCH3 is 1. The highest BCUT2D eigenvalue weighted by atomic mass is 35.5. The van der Waals surface area contributed by atoms with Gasteiger partial charge in [-0.25, -0.2) is 22.9 Å². The Bertz CT molecular complexity index is 1030. The average Bonchev–Trinajstić information content (AvgIpc) is 2.60. The minimum absolute atomic E-state index is 0.0723. The molecule has 0 radical (unpaired) electrons. The summed E-state index contributed by atoms with van der Waals surface area (Å²) < 4.78 is 32.6. The second kappa shape index (κ2) is 8.02. The lowest BCUT2D eigenvalue weighted by Gasteiger charge is -2.25. The summed E-state index contributed by atoms with van der Waals surface area (Å²) in [5.41, 5.74) is 1.16. The van der Waals surface area contributed by atoms with Gasteiger partial charge in [-0.3, -0.25) is 5.32 Å². The van der Waals surface area contributed by atoms with Gasteiger partial charge in [-0.2, -0.15) is 4.98 Å². The van der Waals surface area contributed by atoms with Crippen molar-refractivity contribution in [3.63, 3.8) is 0 Å². The number of fused-ring (bicyclic) bond motifs is 1. The fourth-order valence-electron chi connectivity index (χ4n) is 2.52. The van der Waals surface area contributed by atoms with Crippen LogP contribution < -0.4 is 20.1 Å². The summed E-state index contributed by atoms with van der Waals surface area (Å²) in [5, 5.41) is 5.85. The SMILES string of the molecule is COc1cc(C)nc(NC(=O)NS(=O)(=O)c2cc(Cl)cc3c2SC(C)CN3)n1. The molecule has 28 heavy (non-hydrogen) atoms.